The second-order valence-corrected chi connectivity index (χ2v) is 8.71. The van der Waals surface area contributed by atoms with E-state index in [0.29, 0.717) is 5.56 Å². The van der Waals surface area contributed by atoms with Crippen molar-refractivity contribution < 1.29 is 34.8 Å². The highest BCUT2D eigenvalue weighted by Crippen LogP contribution is 2.49. The molecule has 1 aromatic heterocycles. The summed E-state index contributed by atoms with van der Waals surface area (Å²) in [5.41, 5.74) is -2.69. The van der Waals surface area contributed by atoms with Gasteiger partial charge in [0.05, 0.1) is 11.1 Å². The van der Waals surface area contributed by atoms with Gasteiger partial charge in [0, 0.05) is 23.7 Å². The van der Waals surface area contributed by atoms with Gasteiger partial charge in [-0.2, -0.15) is 0 Å². The number of aromatic amines is 1. The molecule has 1 aliphatic rings. The fourth-order valence-electron chi connectivity index (χ4n) is 4.43. The number of aromatic carboxylic acids is 2. The van der Waals surface area contributed by atoms with Crippen molar-refractivity contribution in [3.63, 3.8) is 0 Å². The standard InChI is InChI=1S/C24H22N2O8S/c1-12-11-26(23(32)25-20(12)35)17-10-24(33,16-9-5-4-8-15(16)22(30)31)19(34-17)18(27)13-6-2-3-7-14(13)21(28)29/h2-9,11,17-19,27,33H,10H2,1H3,(H,28,29)(H,30,31)(H,25,32,35)/t17-,18?,19-,24-/m1/s1. The lowest BCUT2D eigenvalue weighted by Gasteiger charge is -2.33. The van der Waals surface area contributed by atoms with Crippen molar-refractivity contribution >= 4 is 24.2 Å². The third-order valence-electron chi connectivity index (χ3n) is 6.14. The highest BCUT2D eigenvalue weighted by Gasteiger charge is 2.54. The Morgan fingerprint density at radius 1 is 1.11 bits per heavy atom. The van der Waals surface area contributed by atoms with Crippen LogP contribution < -0.4 is 5.69 Å². The van der Waals surface area contributed by atoms with E-state index in [1.165, 1.54) is 54.7 Å². The molecule has 10 nitrogen and oxygen atoms in total. The van der Waals surface area contributed by atoms with Crippen LogP contribution in [0.5, 0.6) is 0 Å². The van der Waals surface area contributed by atoms with Crippen LogP contribution in [0.2, 0.25) is 0 Å². The number of carbonyl (C=O) groups is 2. The molecule has 1 aliphatic heterocycles. The molecule has 1 saturated heterocycles. The average Bonchev–Trinajstić information content (AvgIpc) is 3.19. The Kier molecular flexibility index (Phi) is 6.43. The largest absolute Gasteiger partial charge is 0.478 e. The van der Waals surface area contributed by atoms with Gasteiger partial charge in [-0.25, -0.2) is 14.4 Å². The molecule has 4 atom stereocenters. The van der Waals surface area contributed by atoms with Gasteiger partial charge in [0.2, 0.25) is 0 Å². The molecule has 0 saturated carbocycles. The molecule has 1 fully saturated rings. The first-order valence-corrected chi connectivity index (χ1v) is 11.0. The van der Waals surface area contributed by atoms with Crippen LogP contribution in [0, 0.1) is 11.6 Å². The summed E-state index contributed by atoms with van der Waals surface area (Å²) in [6, 6.07) is 11.4. The van der Waals surface area contributed by atoms with E-state index < -0.39 is 41.7 Å². The molecule has 182 valence electrons. The lowest BCUT2D eigenvalue weighted by Crippen LogP contribution is -2.41. The number of hydrogen-bond acceptors (Lipinski definition) is 7. The van der Waals surface area contributed by atoms with Gasteiger partial charge in [-0.05, 0) is 24.6 Å². The minimum atomic E-state index is -2.11. The summed E-state index contributed by atoms with van der Waals surface area (Å²) in [4.78, 5) is 38.8. The number of hydrogen-bond donors (Lipinski definition) is 5. The van der Waals surface area contributed by atoms with Crippen LogP contribution >= 0.6 is 12.2 Å². The fraction of sp³-hybridized carbons (Fsp3) is 0.250. The van der Waals surface area contributed by atoms with Gasteiger partial charge in [0.15, 0.2) is 0 Å². The van der Waals surface area contributed by atoms with E-state index >= 15 is 0 Å². The zero-order valence-corrected chi connectivity index (χ0v) is 19.2. The van der Waals surface area contributed by atoms with Gasteiger partial charge >= 0.3 is 17.6 Å². The number of benzene rings is 2. The Morgan fingerprint density at radius 2 is 1.71 bits per heavy atom. The third-order valence-corrected chi connectivity index (χ3v) is 6.56. The summed E-state index contributed by atoms with van der Waals surface area (Å²) < 4.78 is 7.39. The van der Waals surface area contributed by atoms with Gasteiger partial charge in [-0.3, -0.25) is 9.55 Å². The molecule has 0 aliphatic carbocycles. The predicted octanol–water partition coefficient (Wildman–Crippen LogP) is 2.52. The molecule has 0 spiro atoms. The number of nitrogens with zero attached hydrogens (tertiary/aromatic N) is 1. The van der Waals surface area contributed by atoms with Gasteiger partial charge in [-0.1, -0.05) is 48.6 Å². The number of aliphatic hydroxyl groups excluding tert-OH is 1. The minimum absolute atomic E-state index is 0.0344. The van der Waals surface area contributed by atoms with E-state index in [2.05, 4.69) is 4.98 Å². The maximum atomic E-state index is 12.6. The van der Waals surface area contributed by atoms with Crippen LogP contribution in [0.1, 0.15) is 56.2 Å². The van der Waals surface area contributed by atoms with Crippen LogP contribution in [0.4, 0.5) is 0 Å². The summed E-state index contributed by atoms with van der Waals surface area (Å²) in [5, 5.41) is 42.5. The summed E-state index contributed by atoms with van der Waals surface area (Å²) in [6.45, 7) is 1.67. The number of aromatic nitrogens is 2. The van der Waals surface area contributed by atoms with Crippen molar-refractivity contribution in [2.24, 2.45) is 0 Å². The first-order chi connectivity index (χ1) is 16.5. The molecule has 2 heterocycles. The summed E-state index contributed by atoms with van der Waals surface area (Å²) >= 11 is 5.09. The molecule has 0 amide bonds. The second-order valence-electron chi connectivity index (χ2n) is 8.31. The van der Waals surface area contributed by atoms with Crippen molar-refractivity contribution in [1.29, 1.82) is 0 Å². The number of carboxylic acids is 2. The first-order valence-electron chi connectivity index (χ1n) is 10.6. The Hall–Kier alpha value is -3.64. The smallest absolute Gasteiger partial charge is 0.336 e. The Balaban J connectivity index is 1.90. The number of nitrogens with one attached hydrogen (secondary N) is 1. The summed E-state index contributed by atoms with van der Waals surface area (Å²) in [7, 11) is 0. The zero-order chi connectivity index (χ0) is 25.5. The maximum Gasteiger partial charge on any atom is 0.336 e. The van der Waals surface area contributed by atoms with Crippen molar-refractivity contribution in [2.75, 3.05) is 0 Å². The van der Waals surface area contributed by atoms with E-state index in [1.54, 1.807) is 6.92 Å². The molecule has 0 bridgehead atoms. The number of ether oxygens (including phenoxy) is 1. The molecule has 2 aromatic carbocycles. The Bertz CT molecular complexity index is 1430. The summed E-state index contributed by atoms with van der Waals surface area (Å²) in [5.74, 6) is -2.61. The molecule has 4 rings (SSSR count). The quantitative estimate of drug-likeness (QED) is 0.321. The Morgan fingerprint density at radius 3 is 2.37 bits per heavy atom. The van der Waals surface area contributed by atoms with Gasteiger partial charge < -0.3 is 25.2 Å². The zero-order valence-electron chi connectivity index (χ0n) is 18.4. The number of H-pyrrole nitrogens is 1. The first kappa shape index (κ1) is 24.5. The minimum Gasteiger partial charge on any atom is -0.478 e. The van der Waals surface area contributed by atoms with E-state index in [4.69, 9.17) is 17.0 Å². The molecular formula is C24H22N2O8S. The maximum absolute atomic E-state index is 12.6. The number of aliphatic hydroxyl groups is 2. The van der Waals surface area contributed by atoms with E-state index in [9.17, 15) is 34.8 Å². The predicted molar refractivity (Wildman–Crippen MR) is 125 cm³/mol. The normalized spacial score (nSPS) is 22.6. The lowest BCUT2D eigenvalue weighted by atomic mass is 9.80. The second kappa shape index (κ2) is 9.19. The summed E-state index contributed by atoms with van der Waals surface area (Å²) in [6.07, 6.45) is -3.20. The van der Waals surface area contributed by atoms with Crippen molar-refractivity contribution in [3.05, 3.63) is 97.7 Å². The Labute approximate surface area is 203 Å². The van der Waals surface area contributed by atoms with Gasteiger partial charge in [0.25, 0.3) is 0 Å². The van der Waals surface area contributed by atoms with Gasteiger partial charge in [0.1, 0.15) is 28.7 Å². The molecule has 3 aromatic rings. The van der Waals surface area contributed by atoms with Crippen LogP contribution in [-0.2, 0) is 10.3 Å². The highest BCUT2D eigenvalue weighted by molar-refractivity contribution is 7.71. The molecule has 0 radical (unpaired) electrons. The molecular weight excluding hydrogens is 476 g/mol. The van der Waals surface area contributed by atoms with E-state index in [-0.39, 0.29) is 33.3 Å². The van der Waals surface area contributed by atoms with Crippen LogP contribution in [-0.4, -0.2) is 48.0 Å². The monoisotopic (exact) mass is 498 g/mol. The SMILES string of the molecule is Cc1cn([C@H]2C[C@@](O)(c3ccccc3C(=O)O)[C@@H](C(O)c3ccccc3C(=O)O)O2)c(=O)[nH]c1=S. The van der Waals surface area contributed by atoms with Crippen molar-refractivity contribution in [1.82, 2.24) is 9.55 Å². The number of carboxylic acid groups (broad SMARTS) is 2. The topological polar surface area (TPSA) is 162 Å². The van der Waals surface area contributed by atoms with Crippen LogP contribution in [0.25, 0.3) is 0 Å². The molecule has 35 heavy (non-hydrogen) atoms. The van der Waals surface area contributed by atoms with Crippen LogP contribution in [0.3, 0.4) is 0 Å². The van der Waals surface area contributed by atoms with Gasteiger partial charge in [-0.15, -0.1) is 0 Å². The lowest BCUT2D eigenvalue weighted by molar-refractivity contribution is -0.122. The van der Waals surface area contributed by atoms with Crippen LogP contribution in [0.15, 0.2) is 59.5 Å². The van der Waals surface area contributed by atoms with E-state index in [1.807, 2.05) is 0 Å². The highest BCUT2D eigenvalue weighted by atomic mass is 32.1. The number of rotatable bonds is 6. The molecule has 1 unspecified atom stereocenters. The molecule has 11 heteroatoms. The number of aryl methyl sites for hydroxylation is 1. The van der Waals surface area contributed by atoms with Crippen molar-refractivity contribution in [3.8, 4) is 0 Å². The molecule has 5 N–H and O–H groups in total. The van der Waals surface area contributed by atoms with Crippen molar-refractivity contribution in [2.45, 2.75) is 37.4 Å². The van der Waals surface area contributed by atoms with E-state index in [0.717, 1.165) is 4.57 Å². The third kappa shape index (κ3) is 4.30. The fourth-order valence-corrected chi connectivity index (χ4v) is 4.57. The average molecular weight is 499 g/mol.